The van der Waals surface area contributed by atoms with Crippen molar-refractivity contribution in [3.05, 3.63) is 24.4 Å². The third-order valence-electron chi connectivity index (χ3n) is 2.81. The van der Waals surface area contributed by atoms with Crippen LogP contribution in [-0.4, -0.2) is 30.0 Å². The van der Waals surface area contributed by atoms with Gasteiger partial charge < -0.3 is 16.4 Å². The van der Waals surface area contributed by atoms with Crippen molar-refractivity contribution in [3.63, 3.8) is 0 Å². The number of halogens is 1. The van der Waals surface area contributed by atoms with Gasteiger partial charge in [0.2, 0.25) is 5.91 Å². The molecule has 1 amide bonds. The van der Waals surface area contributed by atoms with E-state index in [9.17, 15) is 4.79 Å². The molecule has 0 aliphatic heterocycles. The van der Waals surface area contributed by atoms with Crippen molar-refractivity contribution in [1.29, 1.82) is 0 Å². The van der Waals surface area contributed by atoms with Gasteiger partial charge in [-0.3, -0.25) is 4.79 Å². The van der Waals surface area contributed by atoms with Gasteiger partial charge in [-0.15, -0.1) is 12.4 Å². The minimum atomic E-state index is -0.364. The summed E-state index contributed by atoms with van der Waals surface area (Å²) in [6.45, 7) is 3.56. The Kier molecular flexibility index (Phi) is 10.7. The first kappa shape index (κ1) is 18.7. The smallest absolute Gasteiger partial charge is 0.236 e. The average molecular weight is 301 g/mol. The van der Waals surface area contributed by atoms with E-state index in [0.29, 0.717) is 6.54 Å². The van der Waals surface area contributed by atoms with Crippen molar-refractivity contribution < 1.29 is 4.79 Å². The molecule has 0 aliphatic carbocycles. The summed E-state index contributed by atoms with van der Waals surface area (Å²) in [5.74, 6) is 0.844. The summed E-state index contributed by atoms with van der Waals surface area (Å²) >= 11 is 0. The van der Waals surface area contributed by atoms with Crippen molar-refractivity contribution in [3.8, 4) is 0 Å². The number of carbonyl (C=O) groups excluding carboxylic acids is 1. The lowest BCUT2D eigenvalue weighted by molar-refractivity contribution is -0.122. The van der Waals surface area contributed by atoms with Crippen LogP contribution in [0.4, 0.5) is 5.82 Å². The Morgan fingerprint density at radius 2 is 2.10 bits per heavy atom. The molecule has 20 heavy (non-hydrogen) atoms. The number of amides is 1. The second-order valence-corrected chi connectivity index (χ2v) is 4.54. The summed E-state index contributed by atoms with van der Waals surface area (Å²) in [7, 11) is 0. The fraction of sp³-hybridized carbons (Fsp3) is 0.571. The second-order valence-electron chi connectivity index (χ2n) is 4.54. The number of pyridine rings is 1. The molecule has 0 spiro atoms. The van der Waals surface area contributed by atoms with Crippen LogP contribution in [-0.2, 0) is 4.79 Å². The summed E-state index contributed by atoms with van der Waals surface area (Å²) in [6.07, 6.45) is 5.36. The van der Waals surface area contributed by atoms with E-state index in [0.717, 1.165) is 38.0 Å². The van der Waals surface area contributed by atoms with E-state index in [1.54, 1.807) is 6.20 Å². The molecular weight excluding hydrogens is 276 g/mol. The van der Waals surface area contributed by atoms with E-state index in [-0.39, 0.29) is 24.4 Å². The molecule has 1 atom stereocenters. The van der Waals surface area contributed by atoms with Crippen molar-refractivity contribution in [2.24, 2.45) is 5.73 Å². The maximum absolute atomic E-state index is 11.5. The zero-order chi connectivity index (χ0) is 13.9. The molecule has 0 radical (unpaired) electrons. The molecule has 6 heteroatoms. The number of hydrogen-bond acceptors (Lipinski definition) is 4. The molecule has 0 aliphatic rings. The number of aromatic nitrogens is 1. The molecule has 0 fully saturated rings. The molecular formula is C14H25ClN4O. The number of anilines is 1. The van der Waals surface area contributed by atoms with Gasteiger partial charge in [0.1, 0.15) is 5.82 Å². The number of hydrogen-bond donors (Lipinski definition) is 3. The normalized spacial score (nSPS) is 11.3. The van der Waals surface area contributed by atoms with E-state index in [2.05, 4.69) is 15.6 Å². The van der Waals surface area contributed by atoms with Gasteiger partial charge in [0.25, 0.3) is 0 Å². The first-order chi connectivity index (χ1) is 9.24. The van der Waals surface area contributed by atoms with Crippen LogP contribution in [0.2, 0.25) is 0 Å². The molecule has 0 bridgehead atoms. The number of nitrogens with two attached hydrogens (primary N) is 1. The predicted molar refractivity (Wildman–Crippen MR) is 85.1 cm³/mol. The van der Waals surface area contributed by atoms with Crippen LogP contribution in [0.3, 0.4) is 0 Å². The largest absolute Gasteiger partial charge is 0.370 e. The van der Waals surface area contributed by atoms with Crippen molar-refractivity contribution in [2.75, 3.05) is 18.4 Å². The van der Waals surface area contributed by atoms with Crippen molar-refractivity contribution in [2.45, 2.75) is 38.6 Å². The Morgan fingerprint density at radius 1 is 1.35 bits per heavy atom. The van der Waals surface area contributed by atoms with Crippen LogP contribution in [0.1, 0.15) is 32.6 Å². The molecule has 0 saturated heterocycles. The van der Waals surface area contributed by atoms with Gasteiger partial charge in [-0.2, -0.15) is 0 Å². The molecule has 1 aromatic rings. The van der Waals surface area contributed by atoms with E-state index in [1.807, 2.05) is 25.1 Å². The number of unbranched alkanes of at least 4 members (excludes halogenated alkanes) is 1. The summed E-state index contributed by atoms with van der Waals surface area (Å²) in [6, 6.07) is 5.41. The molecule has 5 nitrogen and oxygen atoms in total. The van der Waals surface area contributed by atoms with E-state index in [4.69, 9.17) is 5.73 Å². The molecule has 114 valence electrons. The molecule has 0 aromatic carbocycles. The maximum atomic E-state index is 11.5. The van der Waals surface area contributed by atoms with Gasteiger partial charge in [-0.05, 0) is 31.4 Å². The van der Waals surface area contributed by atoms with Gasteiger partial charge in [0.05, 0.1) is 6.04 Å². The quantitative estimate of drug-likeness (QED) is 0.609. The number of nitrogens with zero attached hydrogens (tertiary/aromatic N) is 1. The highest BCUT2D eigenvalue weighted by molar-refractivity contribution is 5.85. The van der Waals surface area contributed by atoms with Gasteiger partial charge in [0, 0.05) is 19.3 Å². The zero-order valence-electron chi connectivity index (χ0n) is 12.0. The van der Waals surface area contributed by atoms with Crippen LogP contribution < -0.4 is 16.4 Å². The molecule has 1 rings (SSSR count). The third kappa shape index (κ3) is 7.96. The van der Waals surface area contributed by atoms with Crippen LogP contribution in [0.15, 0.2) is 24.4 Å². The predicted octanol–water partition coefficient (Wildman–Crippen LogP) is 1.94. The fourth-order valence-electron chi connectivity index (χ4n) is 1.72. The summed E-state index contributed by atoms with van der Waals surface area (Å²) < 4.78 is 0. The first-order valence-corrected chi connectivity index (χ1v) is 6.92. The molecule has 1 heterocycles. The minimum absolute atomic E-state index is 0. The van der Waals surface area contributed by atoms with Crippen molar-refractivity contribution in [1.82, 2.24) is 10.3 Å². The molecule has 4 N–H and O–H groups in total. The monoisotopic (exact) mass is 300 g/mol. The number of carbonyl (C=O) groups is 1. The lowest BCUT2D eigenvalue weighted by Crippen LogP contribution is -2.40. The Hall–Kier alpha value is -1.33. The Morgan fingerprint density at radius 3 is 2.75 bits per heavy atom. The average Bonchev–Trinajstić information content (AvgIpc) is 2.43. The number of nitrogens with one attached hydrogen (secondary N) is 2. The molecule has 1 aromatic heterocycles. The standard InChI is InChI=1S/C14H24N4O.ClH/c1-2-7-12(15)14(19)18-11-6-5-10-17-13-8-3-4-9-16-13;/h3-4,8-9,12H,2,5-7,10-11,15H2,1H3,(H,16,17)(H,18,19);1H. The maximum Gasteiger partial charge on any atom is 0.236 e. The van der Waals surface area contributed by atoms with E-state index >= 15 is 0 Å². The Balaban J connectivity index is 0.00000361. The van der Waals surface area contributed by atoms with Crippen LogP contribution in [0, 0.1) is 0 Å². The lowest BCUT2D eigenvalue weighted by atomic mass is 10.1. The molecule has 0 saturated carbocycles. The first-order valence-electron chi connectivity index (χ1n) is 6.92. The lowest BCUT2D eigenvalue weighted by Gasteiger charge is -2.11. The van der Waals surface area contributed by atoms with Crippen LogP contribution >= 0.6 is 12.4 Å². The van der Waals surface area contributed by atoms with E-state index in [1.165, 1.54) is 0 Å². The minimum Gasteiger partial charge on any atom is -0.370 e. The zero-order valence-corrected chi connectivity index (χ0v) is 12.8. The van der Waals surface area contributed by atoms with Gasteiger partial charge in [0.15, 0.2) is 0 Å². The highest BCUT2D eigenvalue weighted by Gasteiger charge is 2.10. The van der Waals surface area contributed by atoms with Crippen LogP contribution in [0.5, 0.6) is 0 Å². The number of rotatable bonds is 9. The highest BCUT2D eigenvalue weighted by Crippen LogP contribution is 2.00. The highest BCUT2D eigenvalue weighted by atomic mass is 35.5. The third-order valence-corrected chi connectivity index (χ3v) is 2.81. The molecule has 1 unspecified atom stereocenters. The van der Waals surface area contributed by atoms with E-state index < -0.39 is 0 Å². The van der Waals surface area contributed by atoms with Crippen LogP contribution in [0.25, 0.3) is 0 Å². The van der Waals surface area contributed by atoms with Gasteiger partial charge in [-0.25, -0.2) is 4.98 Å². The van der Waals surface area contributed by atoms with Gasteiger partial charge >= 0.3 is 0 Å². The summed E-state index contributed by atoms with van der Waals surface area (Å²) in [4.78, 5) is 15.7. The van der Waals surface area contributed by atoms with Crippen molar-refractivity contribution >= 4 is 24.1 Å². The Labute approximate surface area is 127 Å². The fourth-order valence-corrected chi connectivity index (χ4v) is 1.72. The topological polar surface area (TPSA) is 80.0 Å². The summed E-state index contributed by atoms with van der Waals surface area (Å²) in [5.41, 5.74) is 5.71. The Bertz CT molecular complexity index is 361. The second kappa shape index (κ2) is 11.5. The SMILES string of the molecule is CCCC(N)C(=O)NCCCCNc1ccccn1.Cl. The van der Waals surface area contributed by atoms with Gasteiger partial charge in [-0.1, -0.05) is 19.4 Å². The summed E-state index contributed by atoms with van der Waals surface area (Å²) in [5, 5.41) is 6.09.